The minimum atomic E-state index is 0.0446. The van der Waals surface area contributed by atoms with E-state index in [1.807, 2.05) is 4.90 Å². The van der Waals surface area contributed by atoms with Crippen LogP contribution in [0.1, 0.15) is 30.4 Å². The number of likely N-dealkylation sites (tertiary alicyclic amines) is 1. The molecule has 0 saturated carbocycles. The molecule has 1 atom stereocenters. The summed E-state index contributed by atoms with van der Waals surface area (Å²) in [4.78, 5) is 15.3. The summed E-state index contributed by atoms with van der Waals surface area (Å²) in [5, 5.41) is 9.28. The average Bonchev–Trinajstić information content (AvgIpc) is 3.12. The summed E-state index contributed by atoms with van der Waals surface area (Å²) < 4.78 is 0. The van der Waals surface area contributed by atoms with Gasteiger partial charge >= 0.3 is 0 Å². The number of nitrogens with zero attached hydrogens (tertiary/aromatic N) is 1. The molecule has 1 amide bonds. The van der Waals surface area contributed by atoms with E-state index in [9.17, 15) is 9.90 Å². The number of rotatable bonds is 4. The van der Waals surface area contributed by atoms with Gasteiger partial charge in [-0.3, -0.25) is 4.79 Å². The molecule has 1 saturated heterocycles. The first kappa shape index (κ1) is 14.0. The van der Waals surface area contributed by atoms with Gasteiger partial charge in [0.05, 0.1) is 18.4 Å². The highest BCUT2D eigenvalue weighted by atomic mass is 32.2. The molecule has 0 radical (unpaired) electrons. The Morgan fingerprint density at radius 1 is 1.30 bits per heavy atom. The Morgan fingerprint density at radius 2 is 2.15 bits per heavy atom. The summed E-state index contributed by atoms with van der Waals surface area (Å²) in [6, 6.07) is 6.63. The Labute approximate surface area is 124 Å². The summed E-state index contributed by atoms with van der Waals surface area (Å²) in [6.07, 6.45) is 5.59. The summed E-state index contributed by atoms with van der Waals surface area (Å²) in [5.41, 5.74) is 2.93. The van der Waals surface area contributed by atoms with Gasteiger partial charge < -0.3 is 10.0 Å². The molecule has 2 aliphatic rings. The van der Waals surface area contributed by atoms with Gasteiger partial charge in [0.1, 0.15) is 0 Å². The lowest BCUT2D eigenvalue weighted by molar-refractivity contribution is -0.129. The highest BCUT2D eigenvalue weighted by Crippen LogP contribution is 2.28. The number of aliphatic hydroxyl groups excluding tert-OH is 1. The minimum absolute atomic E-state index is 0.0446. The first-order chi connectivity index (χ1) is 9.78. The fourth-order valence-corrected chi connectivity index (χ4v) is 4.07. The van der Waals surface area contributed by atoms with Gasteiger partial charge in [0, 0.05) is 11.4 Å². The average molecular weight is 291 g/mol. The molecule has 20 heavy (non-hydrogen) atoms. The van der Waals surface area contributed by atoms with E-state index in [-0.39, 0.29) is 18.6 Å². The smallest absolute Gasteiger partial charge is 0.233 e. The molecule has 3 nitrogen and oxygen atoms in total. The number of hydrogen-bond acceptors (Lipinski definition) is 3. The molecule has 1 N–H and O–H groups in total. The van der Waals surface area contributed by atoms with E-state index in [2.05, 4.69) is 18.2 Å². The van der Waals surface area contributed by atoms with E-state index in [0.717, 1.165) is 19.4 Å². The number of amides is 1. The van der Waals surface area contributed by atoms with E-state index in [1.165, 1.54) is 35.3 Å². The Balaban J connectivity index is 1.58. The van der Waals surface area contributed by atoms with Crippen molar-refractivity contribution in [2.75, 3.05) is 18.9 Å². The molecule has 1 aromatic carbocycles. The van der Waals surface area contributed by atoms with E-state index >= 15 is 0 Å². The van der Waals surface area contributed by atoms with E-state index < -0.39 is 0 Å². The largest absolute Gasteiger partial charge is 0.394 e. The number of fused-ring (bicyclic) bond motifs is 1. The van der Waals surface area contributed by atoms with Crippen molar-refractivity contribution in [3.05, 3.63) is 29.3 Å². The van der Waals surface area contributed by atoms with Crippen molar-refractivity contribution < 1.29 is 9.90 Å². The molecule has 1 aliphatic heterocycles. The zero-order valence-corrected chi connectivity index (χ0v) is 12.5. The van der Waals surface area contributed by atoms with Crippen LogP contribution in [-0.2, 0) is 17.6 Å². The van der Waals surface area contributed by atoms with Crippen LogP contribution in [0.25, 0.3) is 0 Å². The number of carbonyl (C=O) groups excluding carboxylic acids is 1. The molecule has 1 fully saturated rings. The number of hydrogen-bond donors (Lipinski definition) is 1. The fourth-order valence-electron chi connectivity index (χ4n) is 3.22. The second kappa shape index (κ2) is 6.19. The number of carbonyl (C=O) groups is 1. The highest BCUT2D eigenvalue weighted by molar-refractivity contribution is 8.00. The molecular formula is C16H21NO2S. The molecule has 4 heteroatoms. The Morgan fingerprint density at radius 3 is 3.00 bits per heavy atom. The summed E-state index contributed by atoms with van der Waals surface area (Å²) >= 11 is 1.62. The van der Waals surface area contributed by atoms with Crippen LogP contribution >= 0.6 is 11.8 Å². The number of benzene rings is 1. The van der Waals surface area contributed by atoms with Gasteiger partial charge in [-0.2, -0.15) is 0 Å². The SMILES string of the molecule is O=C(CSc1ccc2c(c1)CCC2)N1CCC[C@H]1CO. The maximum Gasteiger partial charge on any atom is 0.233 e. The quantitative estimate of drug-likeness (QED) is 0.865. The first-order valence-corrected chi connectivity index (χ1v) is 8.41. The molecule has 0 spiro atoms. The van der Waals surface area contributed by atoms with E-state index in [1.54, 1.807) is 11.8 Å². The minimum Gasteiger partial charge on any atom is -0.394 e. The first-order valence-electron chi connectivity index (χ1n) is 7.43. The van der Waals surface area contributed by atoms with Crippen molar-refractivity contribution >= 4 is 17.7 Å². The van der Waals surface area contributed by atoms with Gasteiger partial charge in [0.25, 0.3) is 0 Å². The fraction of sp³-hybridized carbons (Fsp3) is 0.562. The molecule has 1 heterocycles. The molecule has 1 aliphatic carbocycles. The third-order valence-corrected chi connectivity index (χ3v) is 5.32. The zero-order valence-electron chi connectivity index (χ0n) is 11.7. The van der Waals surface area contributed by atoms with Crippen LogP contribution in [0.3, 0.4) is 0 Å². The number of aliphatic hydroxyl groups is 1. The Hall–Kier alpha value is -1.00. The molecule has 3 rings (SSSR count). The highest BCUT2D eigenvalue weighted by Gasteiger charge is 2.27. The van der Waals surface area contributed by atoms with Crippen LogP contribution in [0.2, 0.25) is 0 Å². The van der Waals surface area contributed by atoms with Gasteiger partial charge in [-0.1, -0.05) is 6.07 Å². The lowest BCUT2D eigenvalue weighted by Crippen LogP contribution is -2.38. The van der Waals surface area contributed by atoms with Crippen LogP contribution in [0.15, 0.2) is 23.1 Å². The summed E-state index contributed by atoms with van der Waals surface area (Å²) in [5.74, 6) is 0.641. The van der Waals surface area contributed by atoms with Crippen LogP contribution in [0, 0.1) is 0 Å². The van der Waals surface area contributed by atoms with Gasteiger partial charge in [0.15, 0.2) is 0 Å². The number of thioether (sulfide) groups is 1. The molecule has 0 unspecified atom stereocenters. The second-order valence-corrected chi connectivity index (χ2v) is 6.69. The monoisotopic (exact) mass is 291 g/mol. The van der Waals surface area contributed by atoms with Crippen molar-refractivity contribution in [2.45, 2.75) is 43.0 Å². The van der Waals surface area contributed by atoms with Crippen molar-refractivity contribution in [1.29, 1.82) is 0 Å². The van der Waals surface area contributed by atoms with Crippen molar-refractivity contribution in [3.8, 4) is 0 Å². The predicted molar refractivity (Wildman–Crippen MR) is 81.0 cm³/mol. The number of aryl methyl sites for hydroxylation is 2. The Kier molecular flexibility index (Phi) is 4.32. The normalized spacial score (nSPS) is 21.2. The third kappa shape index (κ3) is 2.86. The maximum atomic E-state index is 12.2. The van der Waals surface area contributed by atoms with Gasteiger partial charge in [-0.15, -0.1) is 11.8 Å². The van der Waals surface area contributed by atoms with Crippen LogP contribution in [-0.4, -0.2) is 40.9 Å². The standard InChI is InChI=1S/C16H21NO2S/c18-10-14-5-2-8-17(14)16(19)11-20-15-7-6-12-3-1-4-13(12)9-15/h6-7,9,14,18H,1-5,8,10-11H2/t14-/m0/s1. The molecule has 0 bridgehead atoms. The van der Waals surface area contributed by atoms with E-state index in [4.69, 9.17) is 0 Å². The molecular weight excluding hydrogens is 270 g/mol. The summed E-state index contributed by atoms with van der Waals surface area (Å²) in [6.45, 7) is 0.893. The van der Waals surface area contributed by atoms with Crippen molar-refractivity contribution in [2.24, 2.45) is 0 Å². The van der Waals surface area contributed by atoms with Crippen molar-refractivity contribution in [1.82, 2.24) is 4.90 Å². The van der Waals surface area contributed by atoms with Crippen LogP contribution in [0.5, 0.6) is 0 Å². The molecule has 1 aromatic rings. The van der Waals surface area contributed by atoms with Gasteiger partial charge in [-0.05, 0) is 55.4 Å². The lowest BCUT2D eigenvalue weighted by atomic mass is 10.1. The zero-order chi connectivity index (χ0) is 13.9. The molecule has 0 aromatic heterocycles. The van der Waals surface area contributed by atoms with Crippen LogP contribution in [0.4, 0.5) is 0 Å². The van der Waals surface area contributed by atoms with Crippen molar-refractivity contribution in [3.63, 3.8) is 0 Å². The lowest BCUT2D eigenvalue weighted by Gasteiger charge is -2.22. The van der Waals surface area contributed by atoms with Crippen LogP contribution < -0.4 is 0 Å². The second-order valence-electron chi connectivity index (χ2n) is 5.64. The van der Waals surface area contributed by atoms with Gasteiger partial charge in [-0.25, -0.2) is 0 Å². The van der Waals surface area contributed by atoms with Gasteiger partial charge in [0.2, 0.25) is 5.91 Å². The summed E-state index contributed by atoms with van der Waals surface area (Å²) in [7, 11) is 0. The molecule has 108 valence electrons. The van der Waals surface area contributed by atoms with E-state index in [0.29, 0.717) is 5.75 Å². The predicted octanol–water partition coefficient (Wildman–Crippen LogP) is 2.25. The Bertz CT molecular complexity index is 503. The topological polar surface area (TPSA) is 40.5 Å². The third-order valence-electron chi connectivity index (χ3n) is 4.34. The maximum absolute atomic E-state index is 12.2.